The molecule has 4 aromatic heterocycles. The van der Waals surface area contributed by atoms with Gasteiger partial charge in [-0.3, -0.25) is 15.0 Å². The Kier molecular flexibility index (Phi) is 2.43. The molecule has 0 radical (unpaired) electrons. The Morgan fingerprint density at radius 1 is 0.696 bits per heavy atom. The molecule has 0 aliphatic rings. The van der Waals surface area contributed by atoms with E-state index in [1.54, 1.807) is 24.8 Å². The first-order chi connectivity index (χ1) is 11.4. The first kappa shape index (κ1) is 12.2. The minimum atomic E-state index is 0.573. The average molecular weight is 298 g/mol. The van der Waals surface area contributed by atoms with Gasteiger partial charge in [0.15, 0.2) is 5.58 Å². The normalized spacial score (nSPS) is 11.5. The van der Waals surface area contributed by atoms with Gasteiger partial charge in [-0.2, -0.15) is 0 Å². The minimum Gasteiger partial charge on any atom is -0.435 e. The third-order valence-electron chi connectivity index (χ3n) is 3.89. The van der Waals surface area contributed by atoms with E-state index in [-0.39, 0.29) is 0 Å². The number of hydrogen-bond acceptors (Lipinski definition) is 5. The van der Waals surface area contributed by atoms with Crippen LogP contribution >= 0.6 is 0 Å². The molecule has 0 fully saturated rings. The van der Waals surface area contributed by atoms with Crippen molar-refractivity contribution < 1.29 is 4.42 Å². The van der Waals surface area contributed by atoms with Gasteiger partial charge in [-0.25, -0.2) is 4.98 Å². The number of fused-ring (bicyclic) bond motifs is 6. The van der Waals surface area contributed by atoms with Crippen LogP contribution in [0.25, 0.3) is 44.4 Å². The zero-order chi connectivity index (χ0) is 15.2. The molecule has 1 aromatic carbocycles. The van der Waals surface area contributed by atoms with Crippen molar-refractivity contribution in [2.75, 3.05) is 0 Å². The molecule has 4 heterocycles. The summed E-state index contributed by atoms with van der Waals surface area (Å²) in [5, 5.41) is 1.86. The van der Waals surface area contributed by atoms with Gasteiger partial charge in [-0.1, -0.05) is 0 Å². The SMILES string of the molecule is c1cnc2c(c1)c1nc(-c3ccncc3)oc1c1cccnc12. The third kappa shape index (κ3) is 1.73. The first-order valence-electron chi connectivity index (χ1n) is 7.24. The second-order valence-electron chi connectivity index (χ2n) is 5.23. The van der Waals surface area contributed by atoms with E-state index >= 15 is 0 Å². The number of oxazole rings is 1. The standard InChI is InChI=1S/C18H10N4O/c1-3-12-14(20-7-1)15-13(4-2-8-21-15)17-16(12)22-18(23-17)11-5-9-19-10-6-11/h1-10H. The van der Waals surface area contributed by atoms with Crippen molar-refractivity contribution in [2.24, 2.45) is 0 Å². The highest BCUT2D eigenvalue weighted by atomic mass is 16.3. The molecule has 0 aliphatic heterocycles. The van der Waals surface area contributed by atoms with Crippen LogP contribution in [0.15, 0.2) is 65.6 Å². The second-order valence-corrected chi connectivity index (χ2v) is 5.23. The average Bonchev–Trinajstić information content (AvgIpc) is 3.09. The highest BCUT2D eigenvalue weighted by molar-refractivity contribution is 6.20. The Bertz CT molecular complexity index is 1090. The molecular formula is C18H10N4O. The Labute approximate surface area is 130 Å². The summed E-state index contributed by atoms with van der Waals surface area (Å²) in [7, 11) is 0. The summed E-state index contributed by atoms with van der Waals surface area (Å²) in [4.78, 5) is 17.7. The summed E-state index contributed by atoms with van der Waals surface area (Å²) in [5.74, 6) is 0.573. The maximum atomic E-state index is 6.07. The number of benzene rings is 1. The van der Waals surface area contributed by atoms with E-state index in [4.69, 9.17) is 9.40 Å². The molecule has 5 heteroatoms. The van der Waals surface area contributed by atoms with Gasteiger partial charge in [0.05, 0.1) is 5.52 Å². The lowest BCUT2D eigenvalue weighted by molar-refractivity contribution is 0.623. The molecule has 0 unspecified atom stereocenters. The summed E-state index contributed by atoms with van der Waals surface area (Å²) in [6.45, 7) is 0. The van der Waals surface area contributed by atoms with E-state index in [1.807, 2.05) is 36.4 Å². The Balaban J connectivity index is 1.99. The molecule has 0 spiro atoms. The maximum Gasteiger partial charge on any atom is 0.227 e. The van der Waals surface area contributed by atoms with Gasteiger partial charge in [-0.15, -0.1) is 0 Å². The number of hydrogen-bond donors (Lipinski definition) is 0. The first-order valence-corrected chi connectivity index (χ1v) is 7.24. The van der Waals surface area contributed by atoms with E-state index in [9.17, 15) is 0 Å². The lowest BCUT2D eigenvalue weighted by atomic mass is 10.1. The Morgan fingerprint density at radius 3 is 2.17 bits per heavy atom. The maximum absolute atomic E-state index is 6.07. The predicted molar refractivity (Wildman–Crippen MR) is 87.8 cm³/mol. The van der Waals surface area contributed by atoms with Gasteiger partial charge in [-0.05, 0) is 36.4 Å². The van der Waals surface area contributed by atoms with Crippen LogP contribution in [0.1, 0.15) is 0 Å². The number of aromatic nitrogens is 4. The molecule has 0 saturated carbocycles. The summed E-state index contributed by atoms with van der Waals surface area (Å²) in [6.07, 6.45) is 6.99. The van der Waals surface area contributed by atoms with E-state index in [1.165, 1.54) is 0 Å². The van der Waals surface area contributed by atoms with Crippen LogP contribution in [0.3, 0.4) is 0 Å². The van der Waals surface area contributed by atoms with Crippen LogP contribution in [0.5, 0.6) is 0 Å². The van der Waals surface area contributed by atoms with Crippen LogP contribution < -0.4 is 0 Å². The largest absolute Gasteiger partial charge is 0.435 e. The monoisotopic (exact) mass is 298 g/mol. The highest BCUT2D eigenvalue weighted by Crippen LogP contribution is 2.35. The topological polar surface area (TPSA) is 64.7 Å². The fraction of sp³-hybridized carbons (Fsp3) is 0. The molecule has 0 N–H and O–H groups in total. The fourth-order valence-corrected chi connectivity index (χ4v) is 2.87. The molecule has 5 nitrogen and oxygen atoms in total. The molecule has 5 rings (SSSR count). The fourth-order valence-electron chi connectivity index (χ4n) is 2.87. The molecular weight excluding hydrogens is 288 g/mol. The van der Waals surface area contributed by atoms with Gasteiger partial charge in [0.1, 0.15) is 11.0 Å². The van der Waals surface area contributed by atoms with Gasteiger partial charge in [0.2, 0.25) is 5.89 Å². The molecule has 23 heavy (non-hydrogen) atoms. The molecule has 0 bridgehead atoms. The van der Waals surface area contributed by atoms with Crippen molar-refractivity contribution in [3.05, 3.63) is 61.2 Å². The van der Waals surface area contributed by atoms with Gasteiger partial charge in [0, 0.05) is 41.1 Å². The van der Waals surface area contributed by atoms with E-state index < -0.39 is 0 Å². The van der Waals surface area contributed by atoms with Crippen molar-refractivity contribution in [1.82, 2.24) is 19.9 Å². The predicted octanol–water partition coefficient (Wildman–Crippen LogP) is 3.99. The molecule has 0 saturated heterocycles. The van der Waals surface area contributed by atoms with Crippen LogP contribution in [-0.4, -0.2) is 19.9 Å². The van der Waals surface area contributed by atoms with Crippen molar-refractivity contribution in [3.63, 3.8) is 0 Å². The summed E-state index contributed by atoms with van der Waals surface area (Å²) in [5.41, 5.74) is 4.10. The minimum absolute atomic E-state index is 0.573. The summed E-state index contributed by atoms with van der Waals surface area (Å²) < 4.78 is 6.07. The van der Waals surface area contributed by atoms with Gasteiger partial charge >= 0.3 is 0 Å². The van der Waals surface area contributed by atoms with Crippen molar-refractivity contribution >= 4 is 32.9 Å². The number of pyridine rings is 3. The quantitative estimate of drug-likeness (QED) is 0.438. The third-order valence-corrected chi connectivity index (χ3v) is 3.89. The van der Waals surface area contributed by atoms with E-state index in [2.05, 4.69) is 15.0 Å². The van der Waals surface area contributed by atoms with Crippen molar-refractivity contribution in [2.45, 2.75) is 0 Å². The van der Waals surface area contributed by atoms with Crippen molar-refractivity contribution in [3.8, 4) is 11.5 Å². The molecule has 0 amide bonds. The second kappa shape index (κ2) is 4.58. The number of rotatable bonds is 1. The summed E-state index contributed by atoms with van der Waals surface area (Å²) >= 11 is 0. The molecule has 5 aromatic rings. The van der Waals surface area contributed by atoms with Crippen LogP contribution in [0.2, 0.25) is 0 Å². The van der Waals surface area contributed by atoms with Gasteiger partial charge < -0.3 is 4.42 Å². The zero-order valence-electron chi connectivity index (χ0n) is 12.0. The number of nitrogens with zero attached hydrogens (tertiary/aromatic N) is 4. The molecule has 108 valence electrons. The summed E-state index contributed by atoms with van der Waals surface area (Å²) in [6, 6.07) is 11.5. The molecule has 0 aliphatic carbocycles. The highest BCUT2D eigenvalue weighted by Gasteiger charge is 2.16. The Morgan fingerprint density at radius 2 is 1.39 bits per heavy atom. The zero-order valence-corrected chi connectivity index (χ0v) is 12.0. The van der Waals surface area contributed by atoms with Crippen LogP contribution in [0.4, 0.5) is 0 Å². The van der Waals surface area contributed by atoms with E-state index in [0.717, 1.165) is 38.5 Å². The Hall–Kier alpha value is -3.34. The molecule has 0 atom stereocenters. The van der Waals surface area contributed by atoms with Gasteiger partial charge in [0.25, 0.3) is 0 Å². The smallest absolute Gasteiger partial charge is 0.227 e. The van der Waals surface area contributed by atoms with Crippen molar-refractivity contribution in [1.29, 1.82) is 0 Å². The van der Waals surface area contributed by atoms with Crippen LogP contribution in [-0.2, 0) is 0 Å². The van der Waals surface area contributed by atoms with E-state index in [0.29, 0.717) is 5.89 Å². The lowest BCUT2D eigenvalue weighted by Crippen LogP contribution is -1.86. The lowest BCUT2D eigenvalue weighted by Gasteiger charge is -2.02. The van der Waals surface area contributed by atoms with Crippen LogP contribution in [0, 0.1) is 0 Å².